The largest absolute Gasteiger partial charge is 0.310 e. The maximum absolute atomic E-state index is 12.9. The number of para-hydroxylation sites is 1. The third-order valence-corrected chi connectivity index (χ3v) is 5.67. The third-order valence-electron chi connectivity index (χ3n) is 4.54. The van der Waals surface area contributed by atoms with Gasteiger partial charge in [-0.15, -0.1) is 0 Å². The van der Waals surface area contributed by atoms with Crippen molar-refractivity contribution in [2.45, 2.75) is 13.3 Å². The molecule has 0 fully saturated rings. The number of anilines is 2. The Hall–Kier alpha value is -2.94. The molecule has 0 atom stereocenters. The van der Waals surface area contributed by atoms with Crippen LogP contribution in [-0.2, 0) is 21.2 Å². The van der Waals surface area contributed by atoms with Gasteiger partial charge in [0.15, 0.2) is 0 Å². The number of amides is 1. The molecule has 3 rings (SSSR count). The van der Waals surface area contributed by atoms with Crippen LogP contribution < -0.4 is 9.21 Å². The number of fused-ring (bicyclic) bond motifs is 1. The van der Waals surface area contributed by atoms with Crippen LogP contribution in [-0.4, -0.2) is 38.6 Å². The van der Waals surface area contributed by atoms with Gasteiger partial charge in [0, 0.05) is 24.4 Å². The summed E-state index contributed by atoms with van der Waals surface area (Å²) in [6, 6.07) is 11.4. The lowest BCUT2D eigenvalue weighted by Crippen LogP contribution is -2.42. The quantitative estimate of drug-likeness (QED) is 0.577. The molecule has 0 N–H and O–H groups in total. The van der Waals surface area contributed by atoms with Gasteiger partial charge in [0.05, 0.1) is 16.9 Å². The fourth-order valence-corrected chi connectivity index (χ4v) is 4.07. The van der Waals surface area contributed by atoms with Crippen LogP contribution in [0, 0.1) is 17.0 Å². The number of aryl methyl sites for hydroxylation is 1. The van der Waals surface area contributed by atoms with E-state index in [1.165, 1.54) is 18.2 Å². The van der Waals surface area contributed by atoms with Crippen LogP contribution in [0.4, 0.5) is 17.1 Å². The molecule has 0 saturated carbocycles. The molecular weight excluding hydrogens is 370 g/mol. The summed E-state index contributed by atoms with van der Waals surface area (Å²) in [5.41, 5.74) is 2.23. The number of non-ortho nitro benzene ring substituents is 1. The highest BCUT2D eigenvalue weighted by Crippen LogP contribution is 2.30. The number of sulfonamides is 1. The molecule has 0 saturated heterocycles. The van der Waals surface area contributed by atoms with Crippen molar-refractivity contribution in [2.24, 2.45) is 0 Å². The van der Waals surface area contributed by atoms with E-state index in [4.69, 9.17) is 0 Å². The highest BCUT2D eigenvalue weighted by Gasteiger charge is 2.30. The molecule has 9 heteroatoms. The first kappa shape index (κ1) is 18.8. The number of carbonyl (C=O) groups is 1. The highest BCUT2D eigenvalue weighted by molar-refractivity contribution is 7.92. The number of nitro groups is 1. The topological polar surface area (TPSA) is 101 Å². The average molecular weight is 389 g/mol. The number of carbonyl (C=O) groups excluding carboxylic acids is 1. The molecule has 0 aromatic heterocycles. The normalized spacial score (nSPS) is 13.3. The van der Waals surface area contributed by atoms with Gasteiger partial charge >= 0.3 is 0 Å². The van der Waals surface area contributed by atoms with Gasteiger partial charge in [0.2, 0.25) is 15.9 Å². The minimum atomic E-state index is -3.82. The molecule has 0 spiro atoms. The van der Waals surface area contributed by atoms with E-state index in [0.717, 1.165) is 21.8 Å². The molecule has 2 aromatic carbocycles. The highest BCUT2D eigenvalue weighted by atomic mass is 32.2. The average Bonchev–Trinajstić information content (AvgIpc) is 3.03. The van der Waals surface area contributed by atoms with Crippen molar-refractivity contribution in [3.05, 3.63) is 63.7 Å². The smallest absolute Gasteiger partial charge is 0.271 e. The fourth-order valence-electron chi connectivity index (χ4n) is 3.17. The van der Waals surface area contributed by atoms with Gasteiger partial charge in [-0.2, -0.15) is 0 Å². The van der Waals surface area contributed by atoms with E-state index in [-0.39, 0.29) is 17.3 Å². The van der Waals surface area contributed by atoms with Gasteiger partial charge < -0.3 is 4.90 Å². The number of nitro benzene ring substituents is 1. The molecule has 0 unspecified atom stereocenters. The Balaban J connectivity index is 1.95. The summed E-state index contributed by atoms with van der Waals surface area (Å²) in [6.45, 7) is 1.70. The van der Waals surface area contributed by atoms with E-state index in [1.807, 2.05) is 24.3 Å². The number of nitrogens with zero attached hydrogens (tertiary/aromatic N) is 3. The number of rotatable bonds is 5. The zero-order valence-electron chi connectivity index (χ0n) is 15.0. The summed E-state index contributed by atoms with van der Waals surface area (Å²) in [6.07, 6.45) is 1.69. The molecule has 27 heavy (non-hydrogen) atoms. The van der Waals surface area contributed by atoms with Crippen molar-refractivity contribution in [1.29, 1.82) is 0 Å². The second-order valence-corrected chi connectivity index (χ2v) is 8.33. The standard InChI is InChI=1S/C18H19N3O5S/c1-13-7-8-15(21(23)24)11-17(13)20(27(2,25)26)12-18(22)19-10-9-14-5-3-4-6-16(14)19/h3-8,11H,9-10,12H2,1-2H3. The molecule has 0 aliphatic carbocycles. The monoisotopic (exact) mass is 389 g/mol. The van der Waals surface area contributed by atoms with E-state index in [9.17, 15) is 23.3 Å². The molecule has 0 radical (unpaired) electrons. The van der Waals surface area contributed by atoms with Gasteiger partial charge in [0.25, 0.3) is 5.69 Å². The Kier molecular flexibility index (Phi) is 4.88. The Morgan fingerprint density at radius 2 is 1.96 bits per heavy atom. The van der Waals surface area contributed by atoms with E-state index in [0.29, 0.717) is 18.5 Å². The molecule has 142 valence electrons. The maximum Gasteiger partial charge on any atom is 0.271 e. The summed E-state index contributed by atoms with van der Waals surface area (Å²) < 4.78 is 25.6. The van der Waals surface area contributed by atoms with Crippen molar-refractivity contribution in [3.63, 3.8) is 0 Å². The predicted octanol–water partition coefficient (Wildman–Crippen LogP) is 2.26. The van der Waals surface area contributed by atoms with E-state index >= 15 is 0 Å². The summed E-state index contributed by atoms with van der Waals surface area (Å²) >= 11 is 0. The van der Waals surface area contributed by atoms with Crippen molar-refractivity contribution < 1.29 is 18.1 Å². The van der Waals surface area contributed by atoms with Crippen molar-refractivity contribution in [3.8, 4) is 0 Å². The van der Waals surface area contributed by atoms with Gasteiger partial charge in [0.1, 0.15) is 6.54 Å². The Morgan fingerprint density at radius 1 is 1.26 bits per heavy atom. The Morgan fingerprint density at radius 3 is 2.63 bits per heavy atom. The van der Waals surface area contributed by atoms with Gasteiger partial charge in [-0.25, -0.2) is 8.42 Å². The van der Waals surface area contributed by atoms with Crippen LogP contribution >= 0.6 is 0 Å². The van der Waals surface area contributed by atoms with E-state index < -0.39 is 21.5 Å². The lowest BCUT2D eigenvalue weighted by molar-refractivity contribution is -0.384. The van der Waals surface area contributed by atoms with Crippen LogP contribution in [0.15, 0.2) is 42.5 Å². The lowest BCUT2D eigenvalue weighted by atomic mass is 10.2. The maximum atomic E-state index is 12.9. The molecule has 0 bridgehead atoms. The zero-order valence-corrected chi connectivity index (χ0v) is 15.8. The van der Waals surface area contributed by atoms with Crippen molar-refractivity contribution >= 4 is 33.0 Å². The van der Waals surface area contributed by atoms with Gasteiger partial charge in [-0.1, -0.05) is 24.3 Å². The molecule has 1 heterocycles. The van der Waals surface area contributed by atoms with E-state index in [1.54, 1.807) is 11.8 Å². The minimum absolute atomic E-state index is 0.132. The number of hydrogen-bond acceptors (Lipinski definition) is 5. The lowest BCUT2D eigenvalue weighted by Gasteiger charge is -2.26. The molecule has 1 amide bonds. The van der Waals surface area contributed by atoms with Crippen LogP contribution in [0.2, 0.25) is 0 Å². The molecule has 2 aromatic rings. The summed E-state index contributed by atoms with van der Waals surface area (Å²) in [5, 5.41) is 11.1. The Bertz CT molecular complexity index is 1020. The van der Waals surface area contributed by atoms with Gasteiger partial charge in [-0.3, -0.25) is 19.2 Å². The molecule has 8 nitrogen and oxygen atoms in total. The van der Waals surface area contributed by atoms with Crippen LogP contribution in [0.5, 0.6) is 0 Å². The van der Waals surface area contributed by atoms with Crippen LogP contribution in [0.1, 0.15) is 11.1 Å². The van der Waals surface area contributed by atoms with Crippen molar-refractivity contribution in [2.75, 3.05) is 28.6 Å². The van der Waals surface area contributed by atoms with E-state index in [2.05, 4.69) is 0 Å². The minimum Gasteiger partial charge on any atom is -0.310 e. The number of benzene rings is 2. The molecule has 1 aliphatic heterocycles. The summed E-state index contributed by atoms with van der Waals surface area (Å²) in [5.74, 6) is -0.378. The first-order valence-corrected chi connectivity index (χ1v) is 10.1. The first-order chi connectivity index (χ1) is 12.7. The number of hydrogen-bond donors (Lipinski definition) is 0. The van der Waals surface area contributed by atoms with Crippen LogP contribution in [0.25, 0.3) is 0 Å². The zero-order chi connectivity index (χ0) is 19.8. The fraction of sp³-hybridized carbons (Fsp3) is 0.278. The molecule has 1 aliphatic rings. The SMILES string of the molecule is Cc1ccc([N+](=O)[O-])cc1N(CC(=O)N1CCc2ccccc21)S(C)(=O)=O. The van der Waals surface area contributed by atoms with Gasteiger partial charge in [-0.05, 0) is 30.5 Å². The molecular formula is C18H19N3O5S. The predicted molar refractivity (Wildman–Crippen MR) is 103 cm³/mol. The Labute approximate surface area is 157 Å². The third kappa shape index (κ3) is 3.77. The summed E-state index contributed by atoms with van der Waals surface area (Å²) in [7, 11) is -3.82. The first-order valence-electron chi connectivity index (χ1n) is 8.29. The second kappa shape index (κ2) is 6.99. The summed E-state index contributed by atoms with van der Waals surface area (Å²) in [4.78, 5) is 24.9. The second-order valence-electron chi connectivity index (χ2n) is 6.42. The van der Waals surface area contributed by atoms with Crippen LogP contribution in [0.3, 0.4) is 0 Å². The van der Waals surface area contributed by atoms with Crippen molar-refractivity contribution in [1.82, 2.24) is 0 Å².